The van der Waals surface area contributed by atoms with E-state index < -0.39 is 46.7 Å². The predicted octanol–water partition coefficient (Wildman–Crippen LogP) is 10.4. The summed E-state index contributed by atoms with van der Waals surface area (Å²) in [6.45, 7) is 13.7. The van der Waals surface area contributed by atoms with E-state index in [0.717, 1.165) is 34.7 Å². The van der Waals surface area contributed by atoms with Gasteiger partial charge in [0.25, 0.3) is 0 Å². The summed E-state index contributed by atoms with van der Waals surface area (Å²) in [5.74, 6) is -2.12. The second-order valence-corrected chi connectivity index (χ2v) is 19.4. The molecule has 9 heterocycles. The van der Waals surface area contributed by atoms with E-state index in [-0.39, 0.29) is 53.1 Å². The van der Waals surface area contributed by atoms with Gasteiger partial charge in [-0.25, -0.2) is 62.4 Å². The van der Waals surface area contributed by atoms with E-state index in [4.69, 9.17) is 11.6 Å². The van der Waals surface area contributed by atoms with Crippen molar-refractivity contribution < 1.29 is 43.4 Å². The van der Waals surface area contributed by atoms with E-state index in [2.05, 4.69) is 86.4 Å². The number of carbonyl (C=O) groups is 3. The number of hydrogen-bond acceptors (Lipinski definition) is 15. The number of amides is 3. The molecule has 0 radical (unpaired) electrons. The quantitative estimate of drug-likeness (QED) is 0.0418. The van der Waals surface area contributed by atoms with Crippen LogP contribution in [0.2, 0.25) is 5.02 Å². The molecule has 26 heteroatoms. The first-order chi connectivity index (χ1) is 37.1. The smallest absolute Gasteiger partial charge is 0.247 e. The van der Waals surface area contributed by atoms with E-state index in [1.54, 1.807) is 103 Å². The Morgan fingerprint density at radius 1 is 0.603 bits per heavy atom. The zero-order chi connectivity index (χ0) is 56.5. The van der Waals surface area contributed by atoms with Gasteiger partial charge in [-0.3, -0.25) is 14.4 Å². The Labute approximate surface area is 461 Å². The number of nitrogens with one attached hydrogen (secondary N) is 8. The summed E-state index contributed by atoms with van der Waals surface area (Å²) >= 11 is 6.03. The number of H-pyrrole nitrogens is 3. The molecule has 0 saturated heterocycles. The van der Waals surface area contributed by atoms with Gasteiger partial charge in [0, 0.05) is 108 Å². The van der Waals surface area contributed by atoms with Crippen molar-refractivity contribution in [2.75, 3.05) is 49.3 Å². The molecule has 0 aromatic carbocycles. The van der Waals surface area contributed by atoms with Gasteiger partial charge in [-0.05, 0) is 85.7 Å². The molecule has 78 heavy (non-hydrogen) atoms. The van der Waals surface area contributed by atoms with Crippen molar-refractivity contribution in [1.82, 2.24) is 75.3 Å². The SMILES string of the molecule is CC(C)(Nc1nc(-c2c[nH]c3ncccc23)ncc1F)C(=O)NCCF.CCN(C)C(=O)C(C)(C)Nc1nc(-c2c[nH]c3ncc(Cl)cc23)ncc1F.CCNC(=O)C(C)(C)Nc1nc(-c2c[nH]c3ncccc23)ncc1F.[HH].[HH].[HH].[HH].[HH].[HH].[HH].[HH]. The molecule has 0 bridgehead atoms. The third-order valence-electron chi connectivity index (χ3n) is 11.9. The van der Waals surface area contributed by atoms with E-state index in [0.29, 0.717) is 63.4 Å². The minimum atomic E-state index is -1.19. The van der Waals surface area contributed by atoms with E-state index >= 15 is 0 Å². The van der Waals surface area contributed by atoms with Crippen molar-refractivity contribution in [3.63, 3.8) is 0 Å². The number of nitrogens with zero attached hydrogens (tertiary/aromatic N) is 10. The number of carbonyl (C=O) groups excluding carboxylic acids is 3. The molecule has 0 saturated carbocycles. The molecule has 0 fully saturated rings. The average Bonchev–Trinajstić information content (AvgIpc) is 4.29. The van der Waals surface area contributed by atoms with E-state index in [1.165, 1.54) is 6.20 Å². The third-order valence-corrected chi connectivity index (χ3v) is 12.1. The molecule has 8 N–H and O–H groups in total. The first-order valence-corrected chi connectivity index (χ1v) is 24.7. The van der Waals surface area contributed by atoms with Crippen molar-refractivity contribution in [3.8, 4) is 34.2 Å². The Morgan fingerprint density at radius 3 is 1.44 bits per heavy atom. The molecule has 424 valence electrons. The van der Waals surface area contributed by atoms with Gasteiger partial charge >= 0.3 is 0 Å². The molecule has 3 amide bonds. The van der Waals surface area contributed by atoms with Crippen LogP contribution < -0.4 is 26.6 Å². The number of halogens is 5. The normalized spacial score (nSPS) is 11.6. The maximum absolute atomic E-state index is 14.3. The molecule has 0 aliphatic rings. The predicted molar refractivity (Wildman–Crippen MR) is 307 cm³/mol. The summed E-state index contributed by atoms with van der Waals surface area (Å²) in [5, 5.41) is 16.5. The van der Waals surface area contributed by atoms with Gasteiger partial charge in [0.2, 0.25) is 17.7 Å². The van der Waals surface area contributed by atoms with Gasteiger partial charge in [-0.1, -0.05) is 11.6 Å². The topological polar surface area (TPSA) is 278 Å². The summed E-state index contributed by atoms with van der Waals surface area (Å²) in [5.41, 5.74) is 0.738. The number of pyridine rings is 3. The second kappa shape index (κ2) is 24.0. The minimum Gasteiger partial charge on any atom is -0.354 e. The van der Waals surface area contributed by atoms with Gasteiger partial charge in [0.15, 0.2) is 52.4 Å². The van der Waals surface area contributed by atoms with Crippen LogP contribution in [0.3, 0.4) is 0 Å². The van der Waals surface area contributed by atoms with Crippen LogP contribution in [-0.2, 0) is 14.4 Å². The first kappa shape index (κ1) is 56.8. The largest absolute Gasteiger partial charge is 0.354 e. The highest BCUT2D eigenvalue weighted by Gasteiger charge is 2.33. The lowest BCUT2D eigenvalue weighted by Gasteiger charge is -2.30. The van der Waals surface area contributed by atoms with Crippen LogP contribution in [0.4, 0.5) is 35.0 Å². The number of hydrogen-bond donors (Lipinski definition) is 8. The Kier molecular flexibility index (Phi) is 17.5. The van der Waals surface area contributed by atoms with E-state index in [9.17, 15) is 31.9 Å². The molecule has 0 unspecified atom stereocenters. The molecule has 0 spiro atoms. The van der Waals surface area contributed by atoms with Gasteiger partial charge in [0.05, 0.1) is 23.6 Å². The Bertz CT molecular complexity index is 3640. The molecule has 9 rings (SSSR count). The molecular formula is C52H73ClF4N18O3. The van der Waals surface area contributed by atoms with Crippen LogP contribution >= 0.6 is 11.6 Å². The van der Waals surface area contributed by atoms with Gasteiger partial charge in [0.1, 0.15) is 40.2 Å². The van der Waals surface area contributed by atoms with E-state index in [1.807, 2.05) is 26.0 Å². The first-order valence-electron chi connectivity index (χ1n) is 24.4. The molecule has 0 aliphatic heterocycles. The van der Waals surface area contributed by atoms with Crippen molar-refractivity contribution in [2.24, 2.45) is 0 Å². The Morgan fingerprint density at radius 2 is 1.01 bits per heavy atom. The number of rotatable bonds is 16. The van der Waals surface area contributed by atoms with Crippen molar-refractivity contribution in [2.45, 2.75) is 72.0 Å². The minimum absolute atomic E-state index is 0. The number of anilines is 3. The van der Waals surface area contributed by atoms with Gasteiger partial charge in [-0.2, -0.15) is 0 Å². The summed E-state index contributed by atoms with van der Waals surface area (Å²) in [6, 6.07) is 9.05. The van der Waals surface area contributed by atoms with Crippen LogP contribution in [0.15, 0.2) is 86.1 Å². The van der Waals surface area contributed by atoms with Crippen LogP contribution in [0.25, 0.3) is 67.3 Å². The maximum Gasteiger partial charge on any atom is 0.247 e. The lowest BCUT2D eigenvalue weighted by Crippen LogP contribution is -2.48. The fourth-order valence-electron chi connectivity index (χ4n) is 7.64. The highest BCUT2D eigenvalue weighted by atomic mass is 35.5. The molecular weight excluding hydrogens is 1040 g/mol. The third kappa shape index (κ3) is 13.0. The van der Waals surface area contributed by atoms with Crippen LogP contribution in [-0.4, -0.2) is 132 Å². The lowest BCUT2D eigenvalue weighted by molar-refractivity contribution is -0.133. The zero-order valence-corrected chi connectivity index (χ0v) is 44.8. The standard InChI is InChI=1S/C18H20ClFN6O.C17H18F2N6O.C17H19FN6O.8H2/c1-5-26(4)17(27)18(2,3)25-16-13(20)9-23-15(24-16)12-8-22-14-11(12)6-10(19)7-21-14;1-17(2,16(26)21-7-5-18)25-15-12(19)9-23-14(24-15)11-8-22-13-10(11)4-3-6-20-13;1-4-19-16(25)17(2,3)24-15-12(18)9-22-14(23-15)11-8-21-13-10(11)6-5-7-20-13;;;;;;;;/h6-9H,5H2,1-4H3,(H,21,22)(H,23,24,25);3-4,6,8-9H,5,7H2,1-2H3,(H,20,22)(H,21,26)(H,23,24,25);5-9H,4H2,1-3H3,(H,19,25)(H,20,21)(H,22,23,24);8*1H. The Balaban J connectivity index is 0. The summed E-state index contributed by atoms with van der Waals surface area (Å²) in [6.07, 6.45) is 13.2. The second-order valence-electron chi connectivity index (χ2n) is 19.0. The summed E-state index contributed by atoms with van der Waals surface area (Å²) in [4.78, 5) is 84.9. The molecule has 0 atom stereocenters. The molecule has 9 aromatic rings. The van der Waals surface area contributed by atoms with Crippen molar-refractivity contribution in [3.05, 3.63) is 109 Å². The lowest BCUT2D eigenvalue weighted by atomic mass is 10.0. The zero-order valence-electron chi connectivity index (χ0n) is 44.0. The van der Waals surface area contributed by atoms with Crippen LogP contribution in [0.1, 0.15) is 66.8 Å². The number of aromatic amines is 3. The Hall–Kier alpha value is -8.87. The summed E-state index contributed by atoms with van der Waals surface area (Å²) < 4.78 is 54.9. The van der Waals surface area contributed by atoms with Gasteiger partial charge < -0.3 is 46.4 Å². The molecule has 21 nitrogen and oxygen atoms in total. The summed E-state index contributed by atoms with van der Waals surface area (Å²) in [7, 11) is 1.69. The number of fused-ring (bicyclic) bond motifs is 3. The van der Waals surface area contributed by atoms with Crippen molar-refractivity contribution >= 4 is 79.9 Å². The fraction of sp³-hybridized carbons (Fsp3) is 0.308. The number of alkyl halides is 1. The van der Waals surface area contributed by atoms with Crippen molar-refractivity contribution in [1.29, 1.82) is 0 Å². The van der Waals surface area contributed by atoms with Crippen LogP contribution in [0.5, 0.6) is 0 Å². The fourth-order valence-corrected chi connectivity index (χ4v) is 7.80. The monoisotopic (exact) mass is 1110 g/mol. The maximum atomic E-state index is 14.3. The molecule has 0 aliphatic carbocycles. The number of likely N-dealkylation sites (N-methyl/N-ethyl adjacent to an activating group) is 2. The molecule has 9 aromatic heterocycles. The number of aromatic nitrogens is 12. The average molecular weight is 1110 g/mol. The van der Waals surface area contributed by atoms with Crippen LogP contribution in [0, 0.1) is 17.5 Å². The van der Waals surface area contributed by atoms with Gasteiger partial charge in [-0.15, -0.1) is 0 Å². The highest BCUT2D eigenvalue weighted by molar-refractivity contribution is 6.31. The highest BCUT2D eigenvalue weighted by Crippen LogP contribution is 2.31.